The van der Waals surface area contributed by atoms with Crippen LogP contribution in [-0.2, 0) is 0 Å². The van der Waals surface area contributed by atoms with Gasteiger partial charge in [-0.05, 0) is 36.2 Å². The molecule has 1 aromatic carbocycles. The number of hydrogen-bond acceptors (Lipinski definition) is 2. The van der Waals surface area contributed by atoms with Crippen LogP contribution in [0.4, 0.5) is 0 Å². The van der Waals surface area contributed by atoms with Gasteiger partial charge in [-0.1, -0.05) is 37.6 Å². The van der Waals surface area contributed by atoms with Gasteiger partial charge in [0.1, 0.15) is 0 Å². The van der Waals surface area contributed by atoms with E-state index in [4.69, 9.17) is 16.6 Å². The molecule has 0 radical (unpaired) electrons. The molecule has 0 amide bonds. The van der Waals surface area contributed by atoms with Gasteiger partial charge in [-0.25, -0.2) is 0 Å². The molecule has 3 rings (SSSR count). The standard InChI is InChI=1S/C17H15ClN2/c1-11(2)17-13(15-7-3-4-9-19-15)10-12-14(18)6-5-8-16(12)20-17/h3-11H,1-2H3. The zero-order valence-corrected chi connectivity index (χ0v) is 12.2. The molecule has 0 aliphatic carbocycles. The third-order valence-electron chi connectivity index (χ3n) is 3.32. The highest BCUT2D eigenvalue weighted by Gasteiger charge is 2.14. The molecule has 0 unspecified atom stereocenters. The first-order chi connectivity index (χ1) is 9.66. The number of benzene rings is 1. The van der Waals surface area contributed by atoms with Crippen LogP contribution in [0.5, 0.6) is 0 Å². The van der Waals surface area contributed by atoms with Crippen molar-refractivity contribution in [3.05, 3.63) is 59.4 Å². The molecule has 0 saturated heterocycles. The summed E-state index contributed by atoms with van der Waals surface area (Å²) in [7, 11) is 0. The first-order valence-corrected chi connectivity index (χ1v) is 7.05. The summed E-state index contributed by atoms with van der Waals surface area (Å²) in [5.74, 6) is 0.329. The second kappa shape index (κ2) is 5.22. The van der Waals surface area contributed by atoms with E-state index >= 15 is 0 Å². The molecule has 0 spiro atoms. The average molecular weight is 283 g/mol. The molecule has 100 valence electrons. The van der Waals surface area contributed by atoms with Crippen molar-refractivity contribution in [1.29, 1.82) is 0 Å². The van der Waals surface area contributed by atoms with E-state index < -0.39 is 0 Å². The van der Waals surface area contributed by atoms with E-state index in [-0.39, 0.29) is 0 Å². The van der Waals surface area contributed by atoms with Gasteiger partial charge in [0.2, 0.25) is 0 Å². The Bertz CT molecular complexity index is 752. The minimum absolute atomic E-state index is 0.329. The number of aromatic nitrogens is 2. The maximum Gasteiger partial charge on any atom is 0.0720 e. The number of rotatable bonds is 2. The molecule has 0 fully saturated rings. The van der Waals surface area contributed by atoms with Crippen LogP contribution in [0.25, 0.3) is 22.2 Å². The number of nitrogens with zero attached hydrogens (tertiary/aromatic N) is 2. The lowest BCUT2D eigenvalue weighted by Crippen LogP contribution is -1.99. The molecule has 0 saturated carbocycles. The predicted octanol–water partition coefficient (Wildman–Crippen LogP) is 5.07. The monoisotopic (exact) mass is 282 g/mol. The van der Waals surface area contributed by atoms with Crippen molar-refractivity contribution in [2.45, 2.75) is 19.8 Å². The Kier molecular flexibility index (Phi) is 3.41. The van der Waals surface area contributed by atoms with Crippen molar-refractivity contribution < 1.29 is 0 Å². The number of hydrogen-bond donors (Lipinski definition) is 0. The Morgan fingerprint density at radius 2 is 1.90 bits per heavy atom. The van der Waals surface area contributed by atoms with Gasteiger partial charge in [0.05, 0.1) is 16.9 Å². The van der Waals surface area contributed by atoms with Crippen molar-refractivity contribution >= 4 is 22.5 Å². The molecular formula is C17H15ClN2. The summed E-state index contributed by atoms with van der Waals surface area (Å²) < 4.78 is 0. The lowest BCUT2D eigenvalue weighted by molar-refractivity contribution is 0.831. The zero-order valence-electron chi connectivity index (χ0n) is 11.5. The number of halogens is 1. The highest BCUT2D eigenvalue weighted by Crippen LogP contribution is 2.32. The van der Waals surface area contributed by atoms with Gasteiger partial charge in [0.25, 0.3) is 0 Å². The molecular weight excluding hydrogens is 268 g/mol. The second-order valence-corrected chi connectivity index (χ2v) is 5.50. The number of fused-ring (bicyclic) bond motifs is 1. The van der Waals surface area contributed by atoms with Crippen LogP contribution in [0, 0.1) is 0 Å². The lowest BCUT2D eigenvalue weighted by Gasteiger charge is -2.13. The molecule has 0 N–H and O–H groups in total. The first-order valence-electron chi connectivity index (χ1n) is 6.67. The van der Waals surface area contributed by atoms with Gasteiger partial charge >= 0.3 is 0 Å². The minimum Gasteiger partial charge on any atom is -0.256 e. The highest BCUT2D eigenvalue weighted by molar-refractivity contribution is 6.35. The van der Waals surface area contributed by atoms with Crippen LogP contribution in [0.15, 0.2) is 48.7 Å². The number of pyridine rings is 2. The van der Waals surface area contributed by atoms with E-state index in [0.29, 0.717) is 5.92 Å². The maximum atomic E-state index is 6.29. The molecule has 2 nitrogen and oxygen atoms in total. The van der Waals surface area contributed by atoms with Gasteiger partial charge in [-0.15, -0.1) is 0 Å². The van der Waals surface area contributed by atoms with E-state index in [1.165, 1.54) is 0 Å². The van der Waals surface area contributed by atoms with Crippen LogP contribution in [0.3, 0.4) is 0 Å². The van der Waals surface area contributed by atoms with Crippen LogP contribution in [0.2, 0.25) is 5.02 Å². The summed E-state index contributed by atoms with van der Waals surface area (Å²) in [6, 6.07) is 13.8. The molecule has 0 aliphatic heterocycles. The van der Waals surface area contributed by atoms with Crippen LogP contribution >= 0.6 is 11.6 Å². The average Bonchev–Trinajstić information content (AvgIpc) is 2.47. The third kappa shape index (κ3) is 2.27. The zero-order chi connectivity index (χ0) is 14.1. The van der Waals surface area contributed by atoms with Crippen LogP contribution < -0.4 is 0 Å². The van der Waals surface area contributed by atoms with Crippen LogP contribution in [0.1, 0.15) is 25.5 Å². The molecule has 0 aliphatic rings. The van der Waals surface area contributed by atoms with Crippen LogP contribution in [-0.4, -0.2) is 9.97 Å². The Morgan fingerprint density at radius 3 is 2.60 bits per heavy atom. The van der Waals surface area contributed by atoms with Crippen molar-refractivity contribution in [2.75, 3.05) is 0 Å². The van der Waals surface area contributed by atoms with Crippen molar-refractivity contribution in [3.8, 4) is 11.3 Å². The molecule has 3 aromatic rings. The fraction of sp³-hybridized carbons (Fsp3) is 0.176. The Labute approximate surface area is 123 Å². The topological polar surface area (TPSA) is 25.8 Å². The smallest absolute Gasteiger partial charge is 0.0720 e. The summed E-state index contributed by atoms with van der Waals surface area (Å²) in [5, 5.41) is 1.70. The molecule has 0 bridgehead atoms. The summed E-state index contributed by atoms with van der Waals surface area (Å²) in [4.78, 5) is 9.23. The van der Waals surface area contributed by atoms with Crippen molar-refractivity contribution in [3.63, 3.8) is 0 Å². The fourth-order valence-electron chi connectivity index (χ4n) is 2.34. The van der Waals surface area contributed by atoms with E-state index in [2.05, 4.69) is 24.9 Å². The van der Waals surface area contributed by atoms with E-state index in [1.807, 2.05) is 36.4 Å². The summed E-state index contributed by atoms with van der Waals surface area (Å²) in [5.41, 5.74) is 3.98. The largest absolute Gasteiger partial charge is 0.256 e. The summed E-state index contributed by atoms with van der Waals surface area (Å²) in [6.45, 7) is 4.29. The van der Waals surface area contributed by atoms with Gasteiger partial charge in [-0.2, -0.15) is 0 Å². The molecule has 2 heterocycles. The quantitative estimate of drug-likeness (QED) is 0.655. The predicted molar refractivity (Wildman–Crippen MR) is 84.1 cm³/mol. The molecule has 2 aromatic heterocycles. The van der Waals surface area contributed by atoms with E-state index in [0.717, 1.165) is 32.9 Å². The van der Waals surface area contributed by atoms with Gasteiger partial charge in [0, 0.05) is 22.2 Å². The second-order valence-electron chi connectivity index (χ2n) is 5.10. The fourth-order valence-corrected chi connectivity index (χ4v) is 2.57. The highest BCUT2D eigenvalue weighted by atomic mass is 35.5. The maximum absolute atomic E-state index is 6.29. The molecule has 0 atom stereocenters. The molecule has 3 heteroatoms. The van der Waals surface area contributed by atoms with Crippen molar-refractivity contribution in [1.82, 2.24) is 9.97 Å². The summed E-state index contributed by atoms with van der Waals surface area (Å²) >= 11 is 6.29. The summed E-state index contributed by atoms with van der Waals surface area (Å²) in [6.07, 6.45) is 1.80. The molecule has 20 heavy (non-hydrogen) atoms. The Balaban J connectivity index is 2.34. The van der Waals surface area contributed by atoms with E-state index in [9.17, 15) is 0 Å². The normalized spacial score (nSPS) is 11.2. The van der Waals surface area contributed by atoms with Crippen molar-refractivity contribution in [2.24, 2.45) is 0 Å². The van der Waals surface area contributed by atoms with Gasteiger partial charge < -0.3 is 0 Å². The SMILES string of the molecule is CC(C)c1nc2cccc(Cl)c2cc1-c1ccccn1. The minimum atomic E-state index is 0.329. The Morgan fingerprint density at radius 1 is 1.05 bits per heavy atom. The third-order valence-corrected chi connectivity index (χ3v) is 3.65. The first kappa shape index (κ1) is 13.1. The Hall–Kier alpha value is -1.93. The lowest BCUT2D eigenvalue weighted by atomic mass is 9.99. The van der Waals surface area contributed by atoms with Gasteiger partial charge in [0.15, 0.2) is 0 Å². The van der Waals surface area contributed by atoms with Gasteiger partial charge in [-0.3, -0.25) is 9.97 Å². The van der Waals surface area contributed by atoms with E-state index in [1.54, 1.807) is 6.20 Å².